The predicted molar refractivity (Wildman–Crippen MR) is 150 cm³/mol. The van der Waals surface area contributed by atoms with Crippen LogP contribution in [0.15, 0.2) is 36.4 Å². The van der Waals surface area contributed by atoms with Gasteiger partial charge < -0.3 is 14.9 Å². The largest absolute Gasteiger partial charge is 0.471 e. The molecule has 0 bridgehead atoms. The van der Waals surface area contributed by atoms with E-state index in [0.29, 0.717) is 24.2 Å². The SMILES string of the molecule is COC(=O)C1(N(C(=O)C(F)(F)F)c2cccc(Cl)c2)CCC2(CC1)c1cc(C(C)O)cc(C)c1CC2C[C@@H](C)CO. The fraction of sp³-hybridized carbons (Fsp3) is 0.548. The molecule has 1 spiro atoms. The second-order valence-electron chi connectivity index (χ2n) is 11.8. The summed E-state index contributed by atoms with van der Waals surface area (Å²) in [5.74, 6) is -3.04. The van der Waals surface area contributed by atoms with E-state index in [1.807, 2.05) is 26.0 Å². The summed E-state index contributed by atoms with van der Waals surface area (Å²) in [5, 5.41) is 20.4. The number of halogens is 4. The molecule has 0 aromatic heterocycles. The van der Waals surface area contributed by atoms with Crippen molar-refractivity contribution in [1.82, 2.24) is 0 Å². The topological polar surface area (TPSA) is 87.1 Å². The molecule has 4 rings (SSSR count). The number of ether oxygens (including phenoxy) is 1. The molecule has 1 fully saturated rings. The lowest BCUT2D eigenvalue weighted by atomic mass is 9.59. The van der Waals surface area contributed by atoms with Crippen molar-refractivity contribution in [3.63, 3.8) is 0 Å². The van der Waals surface area contributed by atoms with Crippen molar-refractivity contribution in [2.24, 2.45) is 11.8 Å². The Bertz CT molecular complexity index is 1300. The third kappa shape index (κ3) is 5.60. The zero-order valence-electron chi connectivity index (χ0n) is 23.7. The van der Waals surface area contributed by atoms with Gasteiger partial charge in [0, 0.05) is 17.3 Å². The van der Waals surface area contributed by atoms with Crippen LogP contribution >= 0.6 is 11.6 Å². The van der Waals surface area contributed by atoms with Gasteiger partial charge in [0.1, 0.15) is 5.54 Å². The molecule has 224 valence electrons. The maximum Gasteiger partial charge on any atom is 0.471 e. The first-order chi connectivity index (χ1) is 19.2. The molecule has 0 heterocycles. The monoisotopic (exact) mass is 595 g/mol. The van der Waals surface area contributed by atoms with E-state index in [1.54, 1.807) is 6.92 Å². The van der Waals surface area contributed by atoms with Crippen molar-refractivity contribution < 1.29 is 37.7 Å². The van der Waals surface area contributed by atoms with Gasteiger partial charge in [-0.2, -0.15) is 13.2 Å². The van der Waals surface area contributed by atoms with Crippen molar-refractivity contribution in [2.75, 3.05) is 18.6 Å². The number of alkyl halides is 3. The van der Waals surface area contributed by atoms with Gasteiger partial charge in [0.2, 0.25) is 0 Å². The summed E-state index contributed by atoms with van der Waals surface area (Å²) in [7, 11) is 1.11. The Morgan fingerprint density at radius 2 is 1.80 bits per heavy atom. The van der Waals surface area contributed by atoms with Gasteiger partial charge in [-0.3, -0.25) is 9.69 Å². The molecule has 3 atom stereocenters. The minimum absolute atomic E-state index is 0.00441. The molecule has 2 unspecified atom stereocenters. The molecular formula is C31H37ClF3NO5. The van der Waals surface area contributed by atoms with Gasteiger partial charge in [0.05, 0.1) is 13.2 Å². The van der Waals surface area contributed by atoms with E-state index in [1.165, 1.54) is 24.3 Å². The second kappa shape index (κ2) is 11.6. The van der Waals surface area contributed by atoms with Crippen LogP contribution in [-0.4, -0.2) is 47.5 Å². The molecular weight excluding hydrogens is 559 g/mol. The zero-order valence-corrected chi connectivity index (χ0v) is 24.5. The quantitative estimate of drug-likeness (QED) is 0.372. The van der Waals surface area contributed by atoms with Gasteiger partial charge in [0.25, 0.3) is 0 Å². The van der Waals surface area contributed by atoms with Gasteiger partial charge in [-0.1, -0.05) is 36.7 Å². The minimum atomic E-state index is -5.25. The Labute approximate surface area is 243 Å². The summed E-state index contributed by atoms with van der Waals surface area (Å²) in [6.07, 6.45) is -4.10. The highest BCUT2D eigenvalue weighted by Crippen LogP contribution is 2.58. The summed E-state index contributed by atoms with van der Waals surface area (Å²) in [4.78, 5) is 27.0. The number of aliphatic hydroxyl groups is 2. The van der Waals surface area contributed by atoms with E-state index < -0.39 is 35.1 Å². The lowest BCUT2D eigenvalue weighted by molar-refractivity contribution is -0.174. The summed E-state index contributed by atoms with van der Waals surface area (Å²) >= 11 is 6.12. The first-order valence-corrected chi connectivity index (χ1v) is 14.3. The van der Waals surface area contributed by atoms with Gasteiger partial charge >= 0.3 is 18.1 Å². The summed E-state index contributed by atoms with van der Waals surface area (Å²) in [5.41, 5.74) is 1.36. The molecule has 0 radical (unpaired) electrons. The number of fused-ring (bicyclic) bond motifs is 2. The van der Waals surface area contributed by atoms with Gasteiger partial charge in [-0.15, -0.1) is 0 Å². The van der Waals surface area contributed by atoms with E-state index >= 15 is 0 Å². The molecule has 0 saturated heterocycles. The van der Waals surface area contributed by atoms with Crippen LogP contribution in [0.2, 0.25) is 5.02 Å². The van der Waals surface area contributed by atoms with E-state index in [4.69, 9.17) is 16.3 Å². The second-order valence-corrected chi connectivity index (χ2v) is 12.2. The van der Waals surface area contributed by atoms with E-state index in [-0.39, 0.29) is 42.0 Å². The lowest BCUT2D eigenvalue weighted by Gasteiger charge is -2.51. The summed E-state index contributed by atoms with van der Waals surface area (Å²) < 4.78 is 47.3. The number of anilines is 1. The van der Waals surface area contributed by atoms with E-state index in [2.05, 4.69) is 0 Å². The van der Waals surface area contributed by atoms with Crippen LogP contribution in [0.5, 0.6) is 0 Å². The van der Waals surface area contributed by atoms with Crippen molar-refractivity contribution in [3.8, 4) is 0 Å². The third-order valence-corrected chi connectivity index (χ3v) is 9.45. The van der Waals surface area contributed by atoms with Crippen LogP contribution in [0.3, 0.4) is 0 Å². The number of benzene rings is 2. The Morgan fingerprint density at radius 3 is 2.34 bits per heavy atom. The molecule has 10 heteroatoms. The van der Waals surface area contributed by atoms with Crippen LogP contribution in [0.4, 0.5) is 18.9 Å². The predicted octanol–water partition coefficient (Wildman–Crippen LogP) is 6.21. The number of amides is 1. The molecule has 1 amide bonds. The first-order valence-electron chi connectivity index (χ1n) is 13.9. The van der Waals surface area contributed by atoms with Crippen LogP contribution in [0.25, 0.3) is 0 Å². The molecule has 2 N–H and O–H groups in total. The number of esters is 1. The third-order valence-electron chi connectivity index (χ3n) is 9.22. The van der Waals surface area contributed by atoms with E-state index in [0.717, 1.165) is 35.8 Å². The lowest BCUT2D eigenvalue weighted by Crippen LogP contribution is -2.63. The van der Waals surface area contributed by atoms with Gasteiger partial charge in [-0.25, -0.2) is 4.79 Å². The molecule has 6 nitrogen and oxygen atoms in total. The number of methoxy groups -OCH3 is 1. The van der Waals surface area contributed by atoms with Crippen molar-refractivity contribution >= 4 is 29.2 Å². The number of carbonyl (C=O) groups is 2. The molecule has 2 aliphatic rings. The zero-order chi connectivity index (χ0) is 30.3. The first kappa shape index (κ1) is 31.3. The summed E-state index contributed by atoms with van der Waals surface area (Å²) in [6, 6.07) is 9.43. The average Bonchev–Trinajstić information content (AvgIpc) is 3.21. The average molecular weight is 596 g/mol. The number of hydrogen-bond donors (Lipinski definition) is 2. The smallest absolute Gasteiger partial charge is 0.467 e. The molecule has 41 heavy (non-hydrogen) atoms. The normalized spacial score (nSPS) is 25.5. The highest BCUT2D eigenvalue weighted by atomic mass is 35.5. The van der Waals surface area contributed by atoms with Crippen LogP contribution < -0.4 is 4.90 Å². The molecule has 1 saturated carbocycles. The van der Waals surface area contributed by atoms with Crippen LogP contribution in [-0.2, 0) is 26.2 Å². The van der Waals surface area contributed by atoms with Crippen LogP contribution in [0, 0.1) is 18.8 Å². The number of carbonyl (C=O) groups excluding carboxylic acids is 2. The fourth-order valence-corrected chi connectivity index (χ4v) is 7.31. The fourth-order valence-electron chi connectivity index (χ4n) is 7.13. The standard InChI is InChI=1S/C31H37ClF3NO5/c1-18(17-37)12-22-15-25-19(2)13-21(20(3)38)14-26(25)29(22)8-10-30(11-9-29,28(40)41-4)36(27(39)31(33,34)35)24-7-5-6-23(32)16-24/h5-7,13-14,16,18,20,22,37-38H,8-12,15,17H2,1-4H3/t18-,20?,22?,29?,30?/m1/s1. The highest BCUT2D eigenvalue weighted by Gasteiger charge is 2.60. The van der Waals surface area contributed by atoms with Crippen molar-refractivity contribution in [3.05, 3.63) is 63.7 Å². The Balaban J connectivity index is 1.86. The minimum Gasteiger partial charge on any atom is -0.467 e. The Hall–Kier alpha value is -2.62. The molecule has 2 aromatic carbocycles. The van der Waals surface area contributed by atoms with Crippen molar-refractivity contribution in [1.29, 1.82) is 0 Å². The summed E-state index contributed by atoms with van der Waals surface area (Å²) in [6.45, 7) is 5.62. The highest BCUT2D eigenvalue weighted by molar-refractivity contribution is 6.31. The Kier molecular flexibility index (Phi) is 8.84. The number of nitrogens with zero attached hydrogens (tertiary/aromatic N) is 1. The molecule has 0 aliphatic heterocycles. The van der Waals surface area contributed by atoms with Gasteiger partial charge in [-0.05, 0) is 110 Å². The van der Waals surface area contributed by atoms with E-state index in [9.17, 15) is 33.0 Å². The number of hydrogen-bond acceptors (Lipinski definition) is 5. The molecule has 2 aliphatic carbocycles. The number of aliphatic hydroxyl groups excluding tert-OH is 2. The maximum atomic E-state index is 14.1. The molecule has 2 aromatic rings. The number of rotatable bonds is 7. The Morgan fingerprint density at radius 1 is 1.15 bits per heavy atom. The number of aryl methyl sites for hydroxylation is 1. The van der Waals surface area contributed by atoms with Gasteiger partial charge in [0.15, 0.2) is 0 Å². The van der Waals surface area contributed by atoms with Crippen LogP contribution in [0.1, 0.15) is 74.3 Å². The maximum absolute atomic E-state index is 14.1. The van der Waals surface area contributed by atoms with Crippen molar-refractivity contribution in [2.45, 2.75) is 82.5 Å².